The van der Waals surface area contributed by atoms with Gasteiger partial charge in [0.2, 0.25) is 0 Å². The standard InChI is InChI=1S/C18H34O4Si/c1-7-8-9-10-15-17(22-23(5,6)18(2,3)4)13-16(21-15)14(20)11-12-19/h7-10,14-17,19-20H,11-13H2,1-6H3/b8-7+,10-9-/t14-,15+,16-,17-/m0/s1. The zero-order chi connectivity index (χ0) is 17.7. The van der Waals surface area contributed by atoms with Crippen LogP contribution >= 0.6 is 0 Å². The number of aliphatic hydroxyl groups is 2. The van der Waals surface area contributed by atoms with E-state index in [2.05, 4.69) is 33.9 Å². The topological polar surface area (TPSA) is 58.9 Å². The number of allylic oxidation sites excluding steroid dienone is 3. The summed E-state index contributed by atoms with van der Waals surface area (Å²) in [4.78, 5) is 0. The summed E-state index contributed by atoms with van der Waals surface area (Å²) < 4.78 is 12.5. The molecule has 0 aromatic rings. The third-order valence-corrected chi connectivity index (χ3v) is 9.38. The maximum atomic E-state index is 10.1. The number of aliphatic hydroxyl groups excluding tert-OH is 2. The lowest BCUT2D eigenvalue weighted by molar-refractivity contribution is -0.0339. The maximum Gasteiger partial charge on any atom is 0.192 e. The van der Waals surface area contributed by atoms with Crippen molar-refractivity contribution in [1.29, 1.82) is 0 Å². The molecule has 134 valence electrons. The van der Waals surface area contributed by atoms with Crippen molar-refractivity contribution >= 4 is 8.32 Å². The minimum absolute atomic E-state index is 0.0339. The number of hydrogen-bond acceptors (Lipinski definition) is 4. The Kier molecular flexibility index (Phi) is 7.68. The van der Waals surface area contributed by atoms with E-state index in [-0.39, 0.29) is 30.0 Å². The molecule has 1 saturated heterocycles. The van der Waals surface area contributed by atoms with Crippen molar-refractivity contribution in [1.82, 2.24) is 0 Å². The van der Waals surface area contributed by atoms with Crippen LogP contribution in [0, 0.1) is 0 Å². The minimum atomic E-state index is -1.91. The molecule has 23 heavy (non-hydrogen) atoms. The average molecular weight is 343 g/mol. The van der Waals surface area contributed by atoms with Crippen LogP contribution in [0.3, 0.4) is 0 Å². The smallest absolute Gasteiger partial charge is 0.192 e. The van der Waals surface area contributed by atoms with Crippen molar-refractivity contribution < 1.29 is 19.4 Å². The number of ether oxygens (including phenoxy) is 1. The monoisotopic (exact) mass is 342 g/mol. The van der Waals surface area contributed by atoms with Crippen molar-refractivity contribution in [2.45, 2.75) is 83.1 Å². The summed E-state index contributed by atoms with van der Waals surface area (Å²) in [7, 11) is -1.91. The third-order valence-electron chi connectivity index (χ3n) is 4.87. The van der Waals surface area contributed by atoms with Crippen LogP contribution < -0.4 is 0 Å². The highest BCUT2D eigenvalue weighted by Crippen LogP contribution is 2.40. The van der Waals surface area contributed by atoms with Crippen LogP contribution in [-0.4, -0.2) is 49.6 Å². The second-order valence-electron chi connectivity index (χ2n) is 7.78. The predicted molar refractivity (Wildman–Crippen MR) is 97.0 cm³/mol. The zero-order valence-electron chi connectivity index (χ0n) is 15.5. The highest BCUT2D eigenvalue weighted by atomic mass is 28.4. The summed E-state index contributed by atoms with van der Waals surface area (Å²) in [6, 6.07) is 0. The Morgan fingerprint density at radius 3 is 2.48 bits per heavy atom. The Bertz CT molecular complexity index is 412. The molecule has 1 rings (SSSR count). The van der Waals surface area contributed by atoms with Crippen molar-refractivity contribution in [3.05, 3.63) is 24.3 Å². The molecule has 4 nitrogen and oxygen atoms in total. The molecule has 0 unspecified atom stereocenters. The zero-order valence-corrected chi connectivity index (χ0v) is 16.5. The van der Waals surface area contributed by atoms with Gasteiger partial charge in [0, 0.05) is 13.0 Å². The van der Waals surface area contributed by atoms with E-state index < -0.39 is 14.4 Å². The van der Waals surface area contributed by atoms with Gasteiger partial charge in [0.15, 0.2) is 8.32 Å². The maximum absolute atomic E-state index is 10.1. The first-order chi connectivity index (χ1) is 10.6. The highest BCUT2D eigenvalue weighted by molar-refractivity contribution is 6.74. The van der Waals surface area contributed by atoms with Gasteiger partial charge in [-0.3, -0.25) is 0 Å². The molecular weight excluding hydrogens is 308 g/mol. The van der Waals surface area contributed by atoms with Crippen LogP contribution in [0.4, 0.5) is 0 Å². The first kappa shape index (κ1) is 20.6. The van der Waals surface area contributed by atoms with E-state index in [9.17, 15) is 5.11 Å². The van der Waals surface area contributed by atoms with Gasteiger partial charge in [-0.15, -0.1) is 0 Å². The van der Waals surface area contributed by atoms with Gasteiger partial charge in [-0.2, -0.15) is 0 Å². The van der Waals surface area contributed by atoms with Gasteiger partial charge in [0.05, 0.1) is 18.3 Å². The van der Waals surface area contributed by atoms with E-state index in [0.29, 0.717) is 12.8 Å². The largest absolute Gasteiger partial charge is 0.411 e. The van der Waals surface area contributed by atoms with Gasteiger partial charge in [-0.05, 0) is 31.5 Å². The molecule has 1 aliphatic heterocycles. The van der Waals surface area contributed by atoms with Gasteiger partial charge in [-0.25, -0.2) is 0 Å². The molecule has 1 aliphatic rings. The SMILES string of the molecule is C/C=C/C=C\[C@H]1O[C@H]([C@@H](O)CCO)C[C@@H]1O[Si](C)(C)C(C)(C)C. The third kappa shape index (κ3) is 5.83. The molecule has 1 fully saturated rings. The van der Waals surface area contributed by atoms with Crippen molar-refractivity contribution in [3.8, 4) is 0 Å². The highest BCUT2D eigenvalue weighted by Gasteiger charge is 2.45. The molecule has 5 heteroatoms. The fraction of sp³-hybridized carbons (Fsp3) is 0.778. The summed E-state index contributed by atoms with van der Waals surface area (Å²) in [5.41, 5.74) is 0. The van der Waals surface area contributed by atoms with Gasteiger partial charge in [0.1, 0.15) is 6.10 Å². The predicted octanol–water partition coefficient (Wildman–Crippen LogP) is 3.41. The Morgan fingerprint density at radius 2 is 1.96 bits per heavy atom. The van der Waals surface area contributed by atoms with E-state index in [1.54, 1.807) is 0 Å². The number of hydrogen-bond donors (Lipinski definition) is 2. The lowest BCUT2D eigenvalue weighted by atomic mass is 10.1. The van der Waals surface area contributed by atoms with Crippen molar-refractivity contribution in [3.63, 3.8) is 0 Å². The van der Waals surface area contributed by atoms with Gasteiger partial charge < -0.3 is 19.4 Å². The molecule has 0 radical (unpaired) electrons. The van der Waals surface area contributed by atoms with Crippen LogP contribution in [0.1, 0.15) is 40.5 Å². The first-order valence-electron chi connectivity index (χ1n) is 8.54. The van der Waals surface area contributed by atoms with E-state index in [1.807, 2.05) is 31.2 Å². The van der Waals surface area contributed by atoms with E-state index in [1.165, 1.54) is 0 Å². The Balaban J connectivity index is 2.86. The Labute approximate surface area is 142 Å². The van der Waals surface area contributed by atoms with Crippen LogP contribution in [-0.2, 0) is 9.16 Å². The van der Waals surface area contributed by atoms with Gasteiger partial charge in [0.25, 0.3) is 0 Å². The summed E-state index contributed by atoms with van der Waals surface area (Å²) in [5.74, 6) is 0. The van der Waals surface area contributed by atoms with Crippen LogP contribution in [0.5, 0.6) is 0 Å². The van der Waals surface area contributed by atoms with Crippen LogP contribution in [0.15, 0.2) is 24.3 Å². The molecule has 0 saturated carbocycles. The van der Waals surface area contributed by atoms with Crippen molar-refractivity contribution in [2.75, 3.05) is 6.61 Å². The second kappa shape index (κ2) is 8.58. The first-order valence-corrected chi connectivity index (χ1v) is 11.4. The molecular formula is C18H34O4Si. The average Bonchev–Trinajstić information content (AvgIpc) is 2.81. The summed E-state index contributed by atoms with van der Waals surface area (Å²) in [6.45, 7) is 13.1. The van der Waals surface area contributed by atoms with Crippen molar-refractivity contribution in [2.24, 2.45) is 0 Å². The number of rotatable bonds is 7. The lowest BCUT2D eigenvalue weighted by Crippen LogP contribution is -2.45. The molecule has 0 aliphatic carbocycles. The van der Waals surface area contributed by atoms with Crippen LogP contribution in [0.2, 0.25) is 18.1 Å². The quantitative estimate of drug-likeness (QED) is 0.550. The lowest BCUT2D eigenvalue weighted by Gasteiger charge is -2.39. The normalized spacial score (nSPS) is 28.1. The van der Waals surface area contributed by atoms with Crippen LogP contribution in [0.25, 0.3) is 0 Å². The van der Waals surface area contributed by atoms with Gasteiger partial charge >= 0.3 is 0 Å². The molecule has 0 spiro atoms. The molecule has 2 N–H and O–H groups in total. The molecule has 0 bridgehead atoms. The van der Waals surface area contributed by atoms with E-state index in [0.717, 1.165) is 0 Å². The van der Waals surface area contributed by atoms with Gasteiger partial charge in [-0.1, -0.05) is 45.1 Å². The fourth-order valence-electron chi connectivity index (χ4n) is 2.40. The fourth-order valence-corrected chi connectivity index (χ4v) is 3.74. The summed E-state index contributed by atoms with van der Waals surface area (Å²) in [6.07, 6.45) is 7.77. The summed E-state index contributed by atoms with van der Waals surface area (Å²) >= 11 is 0. The molecule has 0 aromatic carbocycles. The summed E-state index contributed by atoms with van der Waals surface area (Å²) in [5, 5.41) is 19.3. The second-order valence-corrected chi connectivity index (χ2v) is 12.5. The minimum Gasteiger partial charge on any atom is -0.411 e. The Hall–Kier alpha value is -0.463. The van der Waals surface area contributed by atoms with E-state index in [4.69, 9.17) is 14.3 Å². The molecule has 0 amide bonds. The molecule has 4 atom stereocenters. The Morgan fingerprint density at radius 1 is 1.30 bits per heavy atom. The molecule has 1 heterocycles. The van der Waals surface area contributed by atoms with E-state index >= 15 is 0 Å². The molecule has 0 aromatic heterocycles.